The number of hydrogen-bond acceptors (Lipinski definition) is 6. The number of nitrogens with zero attached hydrogens (tertiary/aromatic N) is 4. The molecule has 1 aliphatic heterocycles. The number of anilines is 1. The summed E-state index contributed by atoms with van der Waals surface area (Å²) in [5.41, 5.74) is 0. The van der Waals surface area contributed by atoms with Crippen LogP contribution in [0.2, 0.25) is 5.15 Å². The molecule has 2 heterocycles. The zero-order chi connectivity index (χ0) is 21.4. The number of carbonyl (C=O) groups is 2. The van der Waals surface area contributed by atoms with Crippen LogP contribution in [0.3, 0.4) is 0 Å². The van der Waals surface area contributed by atoms with Crippen LogP contribution in [0, 0.1) is 0 Å². The summed E-state index contributed by atoms with van der Waals surface area (Å²) in [6.45, 7) is 10.2. The number of nitrogens with one attached hydrogen (secondary N) is 1. The minimum Gasteiger partial charge on any atom is -0.353 e. The van der Waals surface area contributed by atoms with Gasteiger partial charge in [0, 0.05) is 44.2 Å². The molecule has 0 spiro atoms. The first kappa shape index (κ1) is 23.7. The maximum Gasteiger partial charge on any atom is 0.230 e. The van der Waals surface area contributed by atoms with Gasteiger partial charge in [0.25, 0.3) is 0 Å². The van der Waals surface area contributed by atoms with Crippen molar-refractivity contribution in [2.75, 3.05) is 30.3 Å². The van der Waals surface area contributed by atoms with Gasteiger partial charge in [-0.3, -0.25) is 9.59 Å². The van der Waals surface area contributed by atoms with Gasteiger partial charge in [-0.05, 0) is 26.7 Å². The Bertz CT molecular complexity index is 705. The number of hydrogen-bond donors (Lipinski definition) is 1. The van der Waals surface area contributed by atoms with E-state index in [1.54, 1.807) is 6.07 Å². The number of thioether (sulfide) groups is 1. The van der Waals surface area contributed by atoms with Crippen LogP contribution < -0.4 is 10.2 Å². The Hall–Kier alpha value is -1.54. The number of amides is 2. The number of unbranched alkanes of at least 4 members (excludes halogenated alkanes) is 1. The second-order valence-electron chi connectivity index (χ2n) is 7.48. The maximum atomic E-state index is 12.4. The normalized spacial score (nSPS) is 17.9. The van der Waals surface area contributed by atoms with Gasteiger partial charge in [-0.1, -0.05) is 43.6 Å². The Kier molecular flexibility index (Phi) is 9.49. The largest absolute Gasteiger partial charge is 0.353 e. The first-order valence-electron chi connectivity index (χ1n) is 10.3. The van der Waals surface area contributed by atoms with Crippen molar-refractivity contribution in [2.45, 2.75) is 70.6 Å². The van der Waals surface area contributed by atoms with E-state index in [0.717, 1.165) is 25.1 Å². The van der Waals surface area contributed by atoms with Crippen molar-refractivity contribution in [3.05, 3.63) is 11.2 Å². The molecule has 1 aromatic rings. The van der Waals surface area contributed by atoms with Gasteiger partial charge < -0.3 is 15.1 Å². The minimum absolute atomic E-state index is 0.0395. The van der Waals surface area contributed by atoms with Gasteiger partial charge in [-0.2, -0.15) is 0 Å². The average molecular weight is 442 g/mol. The molecule has 1 fully saturated rings. The van der Waals surface area contributed by atoms with Crippen molar-refractivity contribution in [1.82, 2.24) is 20.2 Å². The highest BCUT2D eigenvalue weighted by Gasteiger charge is 2.28. The van der Waals surface area contributed by atoms with E-state index < -0.39 is 0 Å². The van der Waals surface area contributed by atoms with E-state index in [9.17, 15) is 9.59 Å². The van der Waals surface area contributed by atoms with Crippen LogP contribution in [0.25, 0.3) is 0 Å². The molecule has 0 radical (unpaired) electrons. The van der Waals surface area contributed by atoms with E-state index in [0.29, 0.717) is 36.4 Å². The number of carbonyl (C=O) groups excluding carboxylic acids is 2. The van der Waals surface area contributed by atoms with Gasteiger partial charge in [0.15, 0.2) is 5.16 Å². The van der Waals surface area contributed by atoms with Crippen molar-refractivity contribution in [3.63, 3.8) is 0 Å². The first-order valence-corrected chi connectivity index (χ1v) is 11.7. The fraction of sp³-hybridized carbons (Fsp3) is 0.700. The van der Waals surface area contributed by atoms with Crippen molar-refractivity contribution in [1.29, 1.82) is 0 Å². The van der Waals surface area contributed by atoms with Crippen molar-refractivity contribution in [2.24, 2.45) is 0 Å². The highest BCUT2D eigenvalue weighted by molar-refractivity contribution is 7.99. The molecule has 0 aliphatic carbocycles. The smallest absolute Gasteiger partial charge is 0.230 e. The molecular formula is C20H32ClN5O2S. The number of aromatic nitrogens is 2. The second kappa shape index (κ2) is 11.6. The Morgan fingerprint density at radius 2 is 2.10 bits per heavy atom. The first-order chi connectivity index (χ1) is 13.8. The fourth-order valence-electron chi connectivity index (χ4n) is 3.17. The Labute approximate surface area is 183 Å². The van der Waals surface area contributed by atoms with E-state index in [1.165, 1.54) is 11.8 Å². The van der Waals surface area contributed by atoms with Crippen LogP contribution in [0.15, 0.2) is 11.2 Å². The summed E-state index contributed by atoms with van der Waals surface area (Å²) in [6.07, 6.45) is 3.45. The Morgan fingerprint density at radius 3 is 2.76 bits per heavy atom. The molecule has 1 aromatic heterocycles. The molecule has 9 heteroatoms. The predicted molar refractivity (Wildman–Crippen MR) is 119 cm³/mol. The van der Waals surface area contributed by atoms with Gasteiger partial charge in [-0.25, -0.2) is 9.97 Å². The molecule has 1 saturated heterocycles. The van der Waals surface area contributed by atoms with Gasteiger partial charge in [-0.15, -0.1) is 0 Å². The fourth-order valence-corrected chi connectivity index (χ4v) is 4.06. The quantitative estimate of drug-likeness (QED) is 0.359. The summed E-state index contributed by atoms with van der Waals surface area (Å²) in [5.74, 6) is 1.17. The van der Waals surface area contributed by atoms with Crippen molar-refractivity contribution < 1.29 is 9.59 Å². The summed E-state index contributed by atoms with van der Waals surface area (Å²) >= 11 is 7.49. The van der Waals surface area contributed by atoms with Gasteiger partial charge >= 0.3 is 0 Å². The highest BCUT2D eigenvalue weighted by Crippen LogP contribution is 2.24. The third-order valence-electron chi connectivity index (χ3n) is 5.03. The van der Waals surface area contributed by atoms with Crippen LogP contribution >= 0.6 is 23.4 Å². The van der Waals surface area contributed by atoms with E-state index in [4.69, 9.17) is 11.6 Å². The average Bonchev–Trinajstić information content (AvgIpc) is 2.69. The monoisotopic (exact) mass is 441 g/mol. The molecule has 0 aromatic carbocycles. The number of piperazine rings is 1. The summed E-state index contributed by atoms with van der Waals surface area (Å²) in [7, 11) is 0. The lowest BCUT2D eigenvalue weighted by Gasteiger charge is -2.40. The molecule has 2 rings (SSSR count). The number of halogens is 1. The summed E-state index contributed by atoms with van der Waals surface area (Å²) in [6, 6.07) is 2.00. The zero-order valence-corrected chi connectivity index (χ0v) is 19.4. The van der Waals surface area contributed by atoms with Crippen LogP contribution in [0.5, 0.6) is 0 Å². The third-order valence-corrected chi connectivity index (χ3v) is 6.07. The molecule has 1 aliphatic rings. The molecular weight excluding hydrogens is 410 g/mol. The standard InChI is InChI=1S/C20H32ClN5O2S/c1-5-7-8-19(28)26-10-9-25(12-15(26)4)17-11-16(21)23-20(24-17)29-13-18(27)22-14(3)6-2/h11,14-15H,5-10,12-13H2,1-4H3,(H,22,27). The lowest BCUT2D eigenvalue weighted by molar-refractivity contribution is -0.133. The molecule has 7 nitrogen and oxygen atoms in total. The minimum atomic E-state index is -0.0395. The van der Waals surface area contributed by atoms with Crippen LogP contribution in [0.4, 0.5) is 5.82 Å². The topological polar surface area (TPSA) is 78.4 Å². The summed E-state index contributed by atoms with van der Waals surface area (Å²) in [5, 5.41) is 3.77. The highest BCUT2D eigenvalue weighted by atomic mass is 35.5. The Balaban J connectivity index is 1.97. The lowest BCUT2D eigenvalue weighted by Crippen LogP contribution is -2.54. The molecule has 2 atom stereocenters. The molecule has 2 unspecified atom stereocenters. The van der Waals surface area contributed by atoms with Gasteiger partial charge in [0.1, 0.15) is 11.0 Å². The lowest BCUT2D eigenvalue weighted by atomic mass is 10.1. The predicted octanol–water partition coefficient (Wildman–Crippen LogP) is 3.36. The molecule has 2 amide bonds. The third kappa shape index (κ3) is 7.33. The second-order valence-corrected chi connectivity index (χ2v) is 8.81. The number of rotatable bonds is 9. The van der Waals surface area contributed by atoms with E-state index in [-0.39, 0.29) is 29.7 Å². The van der Waals surface area contributed by atoms with E-state index >= 15 is 0 Å². The van der Waals surface area contributed by atoms with Gasteiger partial charge in [0.05, 0.1) is 5.75 Å². The van der Waals surface area contributed by atoms with E-state index in [2.05, 4.69) is 34.0 Å². The van der Waals surface area contributed by atoms with E-state index in [1.807, 2.05) is 18.7 Å². The Morgan fingerprint density at radius 1 is 1.34 bits per heavy atom. The molecule has 162 valence electrons. The zero-order valence-electron chi connectivity index (χ0n) is 17.8. The maximum absolute atomic E-state index is 12.4. The molecule has 1 N–H and O–H groups in total. The molecule has 0 saturated carbocycles. The van der Waals surface area contributed by atoms with Gasteiger partial charge in [0.2, 0.25) is 11.8 Å². The van der Waals surface area contributed by atoms with Crippen molar-refractivity contribution >= 4 is 41.0 Å². The summed E-state index contributed by atoms with van der Waals surface area (Å²) < 4.78 is 0. The van der Waals surface area contributed by atoms with Crippen LogP contribution in [-0.2, 0) is 9.59 Å². The summed E-state index contributed by atoms with van der Waals surface area (Å²) in [4.78, 5) is 37.3. The SMILES string of the molecule is CCCCC(=O)N1CCN(c2cc(Cl)nc(SCC(=O)NC(C)CC)n2)CC1C. The van der Waals surface area contributed by atoms with Crippen molar-refractivity contribution in [3.8, 4) is 0 Å². The molecule has 29 heavy (non-hydrogen) atoms. The van der Waals surface area contributed by atoms with Crippen LogP contribution in [0.1, 0.15) is 53.4 Å². The van der Waals surface area contributed by atoms with Crippen LogP contribution in [-0.4, -0.2) is 64.2 Å². The molecule has 0 bridgehead atoms.